The van der Waals surface area contributed by atoms with E-state index in [0.29, 0.717) is 23.0 Å². The molecule has 2 aromatic rings. The van der Waals surface area contributed by atoms with Crippen LogP contribution in [0.4, 0.5) is 5.00 Å². The number of rotatable bonds is 8. The number of aliphatic carboxylic acids is 1. The normalized spacial score (nSPS) is 16.3. The van der Waals surface area contributed by atoms with Crippen LogP contribution in [0.5, 0.6) is 0 Å². The Labute approximate surface area is 187 Å². The fourth-order valence-electron chi connectivity index (χ4n) is 3.92. The molecule has 2 amide bonds. The van der Waals surface area contributed by atoms with E-state index in [2.05, 4.69) is 17.6 Å². The summed E-state index contributed by atoms with van der Waals surface area (Å²) in [6.07, 6.45) is 2.80. The monoisotopic (exact) mass is 442 g/mol. The Balaban J connectivity index is 1.77. The molecule has 1 aliphatic carbocycles. The number of anilines is 1. The van der Waals surface area contributed by atoms with E-state index in [4.69, 9.17) is 5.11 Å². The van der Waals surface area contributed by atoms with Crippen LogP contribution in [0, 0.1) is 18.8 Å². The molecule has 1 heterocycles. The van der Waals surface area contributed by atoms with Crippen LogP contribution in [0.3, 0.4) is 0 Å². The zero-order valence-corrected chi connectivity index (χ0v) is 19.1. The van der Waals surface area contributed by atoms with Crippen molar-refractivity contribution in [1.29, 1.82) is 0 Å². The summed E-state index contributed by atoms with van der Waals surface area (Å²) in [4.78, 5) is 37.7. The van der Waals surface area contributed by atoms with Gasteiger partial charge >= 0.3 is 5.97 Å². The van der Waals surface area contributed by atoms with Crippen molar-refractivity contribution in [2.45, 2.75) is 59.4 Å². The number of hydrogen-bond donors (Lipinski definition) is 3. The predicted molar refractivity (Wildman–Crippen MR) is 123 cm³/mol. The highest BCUT2D eigenvalue weighted by molar-refractivity contribution is 7.17. The maximum Gasteiger partial charge on any atom is 0.303 e. The number of carboxylic acids is 1. The van der Waals surface area contributed by atoms with Crippen molar-refractivity contribution in [2.75, 3.05) is 5.32 Å². The van der Waals surface area contributed by atoms with E-state index in [-0.39, 0.29) is 30.6 Å². The van der Waals surface area contributed by atoms with E-state index in [1.165, 1.54) is 16.9 Å². The number of carbonyl (C=O) groups excluding carboxylic acids is 2. The van der Waals surface area contributed by atoms with Crippen LogP contribution < -0.4 is 10.6 Å². The average molecular weight is 443 g/mol. The smallest absolute Gasteiger partial charge is 0.303 e. The quantitative estimate of drug-likeness (QED) is 0.559. The fourth-order valence-corrected chi connectivity index (χ4v) is 5.34. The lowest BCUT2D eigenvalue weighted by Gasteiger charge is -2.18. The minimum Gasteiger partial charge on any atom is -0.481 e. The number of aryl methyl sites for hydroxylation is 1. The van der Waals surface area contributed by atoms with Gasteiger partial charge in [-0.3, -0.25) is 14.4 Å². The van der Waals surface area contributed by atoms with Gasteiger partial charge in [0.2, 0.25) is 5.91 Å². The molecule has 3 rings (SSSR count). The summed E-state index contributed by atoms with van der Waals surface area (Å²) >= 11 is 1.48. The SMILES string of the molecule is Cc1ccc(CNC(=O)c2c(NC(=O)CC(C)CC(=O)O)sc3c2CCC(C)C3)cc1. The first kappa shape index (κ1) is 23.0. The molecule has 0 radical (unpaired) electrons. The van der Waals surface area contributed by atoms with Crippen LogP contribution in [-0.4, -0.2) is 22.9 Å². The van der Waals surface area contributed by atoms with Gasteiger partial charge in [-0.25, -0.2) is 0 Å². The summed E-state index contributed by atoms with van der Waals surface area (Å²) in [5.41, 5.74) is 3.79. The molecular formula is C24H30N2O4S. The molecule has 1 aromatic heterocycles. The maximum atomic E-state index is 13.1. The van der Waals surface area contributed by atoms with Gasteiger partial charge in [0.05, 0.1) is 5.56 Å². The molecule has 0 bridgehead atoms. The molecule has 2 unspecified atom stereocenters. The van der Waals surface area contributed by atoms with Crippen molar-refractivity contribution in [3.05, 3.63) is 51.4 Å². The van der Waals surface area contributed by atoms with Gasteiger partial charge in [-0.05, 0) is 49.1 Å². The molecule has 0 saturated heterocycles. The van der Waals surface area contributed by atoms with Gasteiger partial charge in [-0.1, -0.05) is 43.7 Å². The topological polar surface area (TPSA) is 95.5 Å². The van der Waals surface area contributed by atoms with Gasteiger partial charge < -0.3 is 15.7 Å². The molecule has 3 N–H and O–H groups in total. The van der Waals surface area contributed by atoms with Gasteiger partial charge in [-0.15, -0.1) is 11.3 Å². The molecule has 6 nitrogen and oxygen atoms in total. The Morgan fingerprint density at radius 2 is 1.90 bits per heavy atom. The molecule has 1 aliphatic rings. The molecular weight excluding hydrogens is 412 g/mol. The van der Waals surface area contributed by atoms with E-state index in [1.807, 2.05) is 31.2 Å². The Morgan fingerprint density at radius 1 is 1.19 bits per heavy atom. The lowest BCUT2D eigenvalue weighted by atomic mass is 9.88. The summed E-state index contributed by atoms with van der Waals surface area (Å²) in [7, 11) is 0. The van der Waals surface area contributed by atoms with Gasteiger partial charge in [0, 0.05) is 24.3 Å². The van der Waals surface area contributed by atoms with E-state index < -0.39 is 5.97 Å². The zero-order valence-electron chi connectivity index (χ0n) is 18.3. The lowest BCUT2D eigenvalue weighted by molar-refractivity contribution is -0.138. The van der Waals surface area contributed by atoms with E-state index in [1.54, 1.807) is 6.92 Å². The molecule has 0 aliphatic heterocycles. The zero-order chi connectivity index (χ0) is 22.5. The molecule has 1 aromatic carbocycles. The molecule has 166 valence electrons. The fraction of sp³-hybridized carbons (Fsp3) is 0.458. The Kier molecular flexibility index (Phi) is 7.49. The summed E-state index contributed by atoms with van der Waals surface area (Å²) in [5.74, 6) is -1.08. The predicted octanol–water partition coefficient (Wildman–Crippen LogP) is 4.55. The highest BCUT2D eigenvalue weighted by Gasteiger charge is 2.28. The first-order valence-electron chi connectivity index (χ1n) is 10.7. The number of thiophene rings is 1. The van der Waals surface area contributed by atoms with Crippen molar-refractivity contribution < 1.29 is 19.5 Å². The number of amides is 2. The molecule has 2 atom stereocenters. The maximum absolute atomic E-state index is 13.1. The number of benzene rings is 1. The van der Waals surface area contributed by atoms with Crippen molar-refractivity contribution in [1.82, 2.24) is 5.32 Å². The number of fused-ring (bicyclic) bond motifs is 1. The van der Waals surface area contributed by atoms with Crippen LogP contribution in [0.25, 0.3) is 0 Å². The van der Waals surface area contributed by atoms with Crippen molar-refractivity contribution in [2.24, 2.45) is 11.8 Å². The Hall–Kier alpha value is -2.67. The van der Waals surface area contributed by atoms with Crippen LogP contribution in [0.2, 0.25) is 0 Å². The van der Waals surface area contributed by atoms with Crippen molar-refractivity contribution >= 4 is 34.1 Å². The first-order valence-corrected chi connectivity index (χ1v) is 11.5. The summed E-state index contributed by atoms with van der Waals surface area (Å²) < 4.78 is 0. The molecule has 0 saturated carbocycles. The number of nitrogens with one attached hydrogen (secondary N) is 2. The number of carboxylic acid groups (broad SMARTS) is 1. The minimum absolute atomic E-state index is 0.0598. The van der Waals surface area contributed by atoms with E-state index in [0.717, 1.165) is 35.3 Å². The second-order valence-corrected chi connectivity index (χ2v) is 9.78. The van der Waals surface area contributed by atoms with Crippen LogP contribution >= 0.6 is 11.3 Å². The van der Waals surface area contributed by atoms with Crippen LogP contribution in [0.1, 0.15) is 65.0 Å². The number of hydrogen-bond acceptors (Lipinski definition) is 4. The van der Waals surface area contributed by atoms with Gasteiger partial charge in [0.1, 0.15) is 5.00 Å². The highest BCUT2D eigenvalue weighted by Crippen LogP contribution is 2.39. The third-order valence-corrected chi connectivity index (χ3v) is 6.79. The van der Waals surface area contributed by atoms with Crippen LogP contribution in [0.15, 0.2) is 24.3 Å². The molecule has 0 spiro atoms. The summed E-state index contributed by atoms with van der Waals surface area (Å²) in [5, 5.41) is 15.4. The minimum atomic E-state index is -0.919. The summed E-state index contributed by atoms with van der Waals surface area (Å²) in [6.45, 7) is 6.38. The van der Waals surface area contributed by atoms with Gasteiger partial charge in [0.15, 0.2) is 0 Å². The standard InChI is InChI=1S/C24H30N2O4S/c1-14-4-7-17(8-5-14)13-25-23(30)22-18-9-6-15(2)10-19(18)31-24(22)26-20(27)11-16(3)12-21(28)29/h4-5,7-8,15-16H,6,9-13H2,1-3H3,(H,25,30)(H,26,27)(H,28,29). The third-order valence-electron chi connectivity index (χ3n) is 5.62. The van der Waals surface area contributed by atoms with E-state index in [9.17, 15) is 14.4 Å². The van der Waals surface area contributed by atoms with Crippen LogP contribution in [-0.2, 0) is 29.0 Å². The second-order valence-electron chi connectivity index (χ2n) is 8.68. The van der Waals surface area contributed by atoms with Gasteiger partial charge in [-0.2, -0.15) is 0 Å². The third kappa shape index (κ3) is 6.17. The van der Waals surface area contributed by atoms with Crippen molar-refractivity contribution in [3.8, 4) is 0 Å². The Bertz CT molecular complexity index is 965. The Morgan fingerprint density at radius 3 is 2.58 bits per heavy atom. The number of carbonyl (C=O) groups is 3. The molecule has 0 fully saturated rings. The lowest BCUT2D eigenvalue weighted by Crippen LogP contribution is -2.26. The highest BCUT2D eigenvalue weighted by atomic mass is 32.1. The first-order chi connectivity index (χ1) is 14.7. The second kappa shape index (κ2) is 10.1. The van der Waals surface area contributed by atoms with E-state index >= 15 is 0 Å². The largest absolute Gasteiger partial charge is 0.481 e. The average Bonchev–Trinajstić information content (AvgIpc) is 3.03. The molecule has 7 heteroatoms. The van der Waals surface area contributed by atoms with Crippen molar-refractivity contribution in [3.63, 3.8) is 0 Å². The molecule has 31 heavy (non-hydrogen) atoms. The van der Waals surface area contributed by atoms with Gasteiger partial charge in [0.25, 0.3) is 5.91 Å². The summed E-state index contributed by atoms with van der Waals surface area (Å²) in [6, 6.07) is 8.01.